The average Bonchev–Trinajstić information content (AvgIpc) is 2.73. The molecule has 7 heteroatoms. The molecule has 30 heavy (non-hydrogen) atoms. The van der Waals surface area contributed by atoms with Crippen molar-refractivity contribution in [3.8, 4) is 17.0 Å². The fourth-order valence-corrected chi connectivity index (χ4v) is 3.12. The van der Waals surface area contributed by atoms with Crippen molar-refractivity contribution in [3.63, 3.8) is 0 Å². The number of benzene rings is 3. The molecule has 3 aromatic carbocycles. The number of fused-ring (bicyclic) bond motifs is 1. The highest BCUT2D eigenvalue weighted by molar-refractivity contribution is 6.05. The van der Waals surface area contributed by atoms with Crippen molar-refractivity contribution in [2.24, 2.45) is 0 Å². The molecule has 0 radical (unpaired) electrons. The Hall–Kier alpha value is -3.87. The molecule has 4 nitrogen and oxygen atoms in total. The lowest BCUT2D eigenvalue weighted by Crippen LogP contribution is -2.15. The van der Waals surface area contributed by atoms with Gasteiger partial charge in [-0.1, -0.05) is 6.07 Å². The van der Waals surface area contributed by atoms with Gasteiger partial charge < -0.3 is 10.1 Å². The molecule has 4 aromatic rings. The number of carbonyl (C=O) groups excluding carboxylic acids is 1. The fraction of sp³-hybridized carbons (Fsp3) is 0.0435. The Morgan fingerprint density at radius 1 is 0.933 bits per heavy atom. The van der Waals surface area contributed by atoms with Crippen molar-refractivity contribution in [1.82, 2.24) is 4.98 Å². The first-order valence-corrected chi connectivity index (χ1v) is 8.96. The average molecular weight is 408 g/mol. The van der Waals surface area contributed by atoms with E-state index in [1.165, 1.54) is 25.3 Å². The normalized spacial score (nSPS) is 10.8. The summed E-state index contributed by atoms with van der Waals surface area (Å²) in [5, 5.41) is 3.08. The van der Waals surface area contributed by atoms with Gasteiger partial charge in [-0.05, 0) is 54.6 Å². The summed E-state index contributed by atoms with van der Waals surface area (Å²) in [5.74, 6) is -2.67. The van der Waals surface area contributed by atoms with Crippen LogP contribution in [0.3, 0.4) is 0 Å². The number of anilines is 1. The van der Waals surface area contributed by atoms with Crippen LogP contribution in [0.2, 0.25) is 0 Å². The zero-order valence-corrected chi connectivity index (χ0v) is 15.7. The van der Waals surface area contributed by atoms with Gasteiger partial charge in [0.25, 0.3) is 5.91 Å². The third kappa shape index (κ3) is 3.69. The highest BCUT2D eigenvalue weighted by Crippen LogP contribution is 2.32. The van der Waals surface area contributed by atoms with Gasteiger partial charge in [0.1, 0.15) is 28.8 Å². The summed E-state index contributed by atoms with van der Waals surface area (Å²) in [6.07, 6.45) is 0. The van der Waals surface area contributed by atoms with E-state index in [9.17, 15) is 18.0 Å². The zero-order valence-electron chi connectivity index (χ0n) is 15.7. The molecular formula is C23H15F3N2O2. The highest BCUT2D eigenvalue weighted by atomic mass is 19.1. The highest BCUT2D eigenvalue weighted by Gasteiger charge is 2.18. The first-order valence-electron chi connectivity index (χ1n) is 8.96. The summed E-state index contributed by atoms with van der Waals surface area (Å²) in [6, 6.07) is 15.6. The van der Waals surface area contributed by atoms with Gasteiger partial charge in [0, 0.05) is 22.7 Å². The molecule has 0 bridgehead atoms. The van der Waals surface area contributed by atoms with Gasteiger partial charge in [0.2, 0.25) is 0 Å². The minimum absolute atomic E-state index is 0.324. The van der Waals surface area contributed by atoms with Crippen LogP contribution in [0.1, 0.15) is 10.4 Å². The number of ether oxygens (including phenoxy) is 1. The van der Waals surface area contributed by atoms with Crippen molar-refractivity contribution in [2.45, 2.75) is 0 Å². The van der Waals surface area contributed by atoms with E-state index < -0.39 is 23.1 Å². The minimum atomic E-state index is -0.948. The van der Waals surface area contributed by atoms with Crippen LogP contribution in [0, 0.1) is 17.5 Å². The van der Waals surface area contributed by atoms with Crippen LogP contribution in [0.25, 0.3) is 22.2 Å². The largest absolute Gasteiger partial charge is 0.496 e. The third-order valence-electron chi connectivity index (χ3n) is 4.58. The lowest BCUT2D eigenvalue weighted by molar-refractivity contribution is 0.101. The molecule has 1 N–H and O–H groups in total. The van der Waals surface area contributed by atoms with E-state index in [0.29, 0.717) is 33.6 Å². The predicted molar refractivity (Wildman–Crippen MR) is 108 cm³/mol. The first-order chi connectivity index (χ1) is 14.5. The molecule has 0 unspecified atom stereocenters. The summed E-state index contributed by atoms with van der Waals surface area (Å²) in [5.41, 5.74) is 1.54. The third-order valence-corrected chi connectivity index (χ3v) is 4.58. The smallest absolute Gasteiger partial charge is 0.261 e. The number of hydrogen-bond acceptors (Lipinski definition) is 3. The summed E-state index contributed by atoms with van der Waals surface area (Å²) in [7, 11) is 1.49. The van der Waals surface area contributed by atoms with Crippen LogP contribution in [0.15, 0.2) is 66.7 Å². The first kappa shape index (κ1) is 19.4. The topological polar surface area (TPSA) is 51.2 Å². The van der Waals surface area contributed by atoms with Crippen LogP contribution in [-0.4, -0.2) is 18.0 Å². The second-order valence-corrected chi connectivity index (χ2v) is 6.50. The van der Waals surface area contributed by atoms with Gasteiger partial charge in [-0.3, -0.25) is 4.79 Å². The van der Waals surface area contributed by atoms with Crippen LogP contribution in [-0.2, 0) is 0 Å². The van der Waals surface area contributed by atoms with Crippen LogP contribution >= 0.6 is 0 Å². The molecule has 4 rings (SSSR count). The Morgan fingerprint density at radius 3 is 2.30 bits per heavy atom. The molecule has 0 saturated heterocycles. The lowest BCUT2D eigenvalue weighted by atomic mass is 10.1. The number of amides is 1. The van der Waals surface area contributed by atoms with Gasteiger partial charge in [-0.2, -0.15) is 0 Å². The number of nitrogens with zero attached hydrogens (tertiary/aromatic N) is 1. The number of pyridine rings is 1. The molecule has 150 valence electrons. The van der Waals surface area contributed by atoms with Gasteiger partial charge in [-0.15, -0.1) is 0 Å². The molecule has 0 saturated carbocycles. The molecule has 0 atom stereocenters. The Bertz CT molecular complexity index is 1240. The van der Waals surface area contributed by atoms with Gasteiger partial charge in [0.05, 0.1) is 18.3 Å². The molecular weight excluding hydrogens is 393 g/mol. The van der Waals surface area contributed by atoms with Crippen LogP contribution in [0.5, 0.6) is 5.75 Å². The molecule has 0 aliphatic rings. The second kappa shape index (κ2) is 7.87. The Labute approximate surface area is 169 Å². The van der Waals surface area contributed by atoms with Gasteiger partial charge >= 0.3 is 0 Å². The fourth-order valence-electron chi connectivity index (χ4n) is 3.12. The van der Waals surface area contributed by atoms with Crippen molar-refractivity contribution < 1.29 is 22.7 Å². The minimum Gasteiger partial charge on any atom is -0.496 e. The molecule has 0 aliphatic carbocycles. The number of carbonyl (C=O) groups is 1. The molecule has 0 aliphatic heterocycles. The number of rotatable bonds is 4. The number of aromatic nitrogens is 1. The standard InChI is InChI=1S/C23H15F3N2O2/c1-30-21-12-20(13-5-7-14(24)8-6-13)28-19-10-9-15(11-16(19)21)27-23(29)22-17(25)3-2-4-18(22)26/h2-12H,1H3,(H,27,29). The number of hydrogen-bond donors (Lipinski definition) is 1. The zero-order chi connectivity index (χ0) is 21.3. The predicted octanol–water partition coefficient (Wildman–Crippen LogP) is 5.58. The maximum absolute atomic E-state index is 13.9. The quantitative estimate of drug-likeness (QED) is 0.480. The van der Waals surface area contributed by atoms with E-state index >= 15 is 0 Å². The molecule has 0 fully saturated rings. The van der Waals surface area contributed by atoms with E-state index in [-0.39, 0.29) is 5.82 Å². The second-order valence-electron chi connectivity index (χ2n) is 6.50. The monoisotopic (exact) mass is 408 g/mol. The van der Waals surface area contributed by atoms with Crippen molar-refractivity contribution in [2.75, 3.05) is 12.4 Å². The summed E-state index contributed by atoms with van der Waals surface area (Å²) < 4.78 is 46.3. The maximum Gasteiger partial charge on any atom is 0.261 e. The Morgan fingerprint density at radius 2 is 1.63 bits per heavy atom. The van der Waals surface area contributed by atoms with Crippen molar-refractivity contribution in [1.29, 1.82) is 0 Å². The molecule has 1 heterocycles. The van der Waals surface area contributed by atoms with E-state index in [1.54, 1.807) is 36.4 Å². The van der Waals surface area contributed by atoms with Crippen LogP contribution < -0.4 is 10.1 Å². The lowest BCUT2D eigenvalue weighted by Gasteiger charge is -2.12. The number of nitrogens with one attached hydrogen (secondary N) is 1. The van der Waals surface area contributed by atoms with E-state index in [1.807, 2.05) is 0 Å². The van der Waals surface area contributed by atoms with Gasteiger partial charge in [0.15, 0.2) is 0 Å². The Kier molecular flexibility index (Phi) is 5.10. The molecule has 1 aromatic heterocycles. The molecule has 0 spiro atoms. The van der Waals surface area contributed by atoms with Crippen molar-refractivity contribution >= 4 is 22.5 Å². The van der Waals surface area contributed by atoms with Crippen molar-refractivity contribution in [3.05, 3.63) is 89.7 Å². The van der Waals surface area contributed by atoms with E-state index in [4.69, 9.17) is 4.74 Å². The summed E-state index contributed by atoms with van der Waals surface area (Å²) in [4.78, 5) is 16.9. The summed E-state index contributed by atoms with van der Waals surface area (Å²) >= 11 is 0. The van der Waals surface area contributed by atoms with Gasteiger partial charge in [-0.25, -0.2) is 18.2 Å². The van der Waals surface area contributed by atoms with E-state index in [2.05, 4.69) is 10.3 Å². The van der Waals surface area contributed by atoms with E-state index in [0.717, 1.165) is 12.1 Å². The number of methoxy groups -OCH3 is 1. The maximum atomic E-state index is 13.9. The van der Waals surface area contributed by atoms with Crippen LogP contribution in [0.4, 0.5) is 18.9 Å². The SMILES string of the molecule is COc1cc(-c2ccc(F)cc2)nc2ccc(NC(=O)c3c(F)cccc3F)cc12. The Balaban J connectivity index is 1.71. The molecule has 1 amide bonds. The summed E-state index contributed by atoms with van der Waals surface area (Å²) in [6.45, 7) is 0. The number of halogens is 3.